The summed E-state index contributed by atoms with van der Waals surface area (Å²) in [6.07, 6.45) is 0. The van der Waals surface area contributed by atoms with Crippen LogP contribution in [0.1, 0.15) is 20.7 Å². The quantitative estimate of drug-likeness (QED) is 0.397. The van der Waals surface area contributed by atoms with Crippen molar-refractivity contribution in [3.63, 3.8) is 0 Å². The number of hydrazine groups is 1. The normalized spacial score (nSPS) is 9.80. The number of rotatable bonds is 3. The number of nitro groups is 1. The number of carbonyl (C=O) groups excluding carboxylic acids is 2. The predicted octanol–water partition coefficient (Wildman–Crippen LogP) is 2.31. The lowest BCUT2D eigenvalue weighted by Crippen LogP contribution is -2.48. The molecule has 128 valence electrons. The molecule has 0 heterocycles. The van der Waals surface area contributed by atoms with E-state index in [4.69, 9.17) is 12.2 Å². The standard InChI is InChI=1S/C15H11BrN4O4S/c16-12-7-2-1-6-11(12)14(22)17-15(25)19-18-13(21)9-4-3-5-10(8-9)20(23)24/h1-8H,(H,18,21)(H2,17,19,22,25). The lowest BCUT2D eigenvalue weighted by Gasteiger charge is -2.11. The van der Waals surface area contributed by atoms with E-state index < -0.39 is 16.7 Å². The summed E-state index contributed by atoms with van der Waals surface area (Å²) in [6.45, 7) is 0. The molecule has 10 heteroatoms. The topological polar surface area (TPSA) is 113 Å². The Morgan fingerprint density at radius 2 is 1.76 bits per heavy atom. The van der Waals surface area contributed by atoms with Crippen LogP contribution in [0.2, 0.25) is 0 Å². The zero-order valence-corrected chi connectivity index (χ0v) is 14.9. The van der Waals surface area contributed by atoms with E-state index in [1.807, 2.05) is 0 Å². The molecule has 0 aliphatic heterocycles. The van der Waals surface area contributed by atoms with Gasteiger partial charge in [0.05, 0.1) is 10.5 Å². The van der Waals surface area contributed by atoms with Crippen LogP contribution in [0.4, 0.5) is 5.69 Å². The second kappa shape index (κ2) is 8.31. The molecule has 8 nitrogen and oxygen atoms in total. The first-order valence-electron chi connectivity index (χ1n) is 6.79. The summed E-state index contributed by atoms with van der Waals surface area (Å²) in [5.41, 5.74) is 4.85. The van der Waals surface area contributed by atoms with Gasteiger partial charge in [-0.3, -0.25) is 35.9 Å². The van der Waals surface area contributed by atoms with Crippen LogP contribution in [-0.2, 0) is 0 Å². The molecule has 3 N–H and O–H groups in total. The van der Waals surface area contributed by atoms with Crippen molar-refractivity contribution < 1.29 is 14.5 Å². The Morgan fingerprint density at radius 3 is 2.44 bits per heavy atom. The van der Waals surface area contributed by atoms with Crippen molar-refractivity contribution in [2.75, 3.05) is 0 Å². The average Bonchev–Trinajstić information content (AvgIpc) is 2.60. The number of thiocarbonyl (C=S) groups is 1. The fourth-order valence-electron chi connectivity index (χ4n) is 1.79. The van der Waals surface area contributed by atoms with Crippen LogP contribution in [0.5, 0.6) is 0 Å². The molecule has 0 bridgehead atoms. The largest absolute Gasteiger partial charge is 0.298 e. The maximum absolute atomic E-state index is 12.1. The van der Waals surface area contributed by atoms with Crippen molar-refractivity contribution in [1.82, 2.24) is 16.2 Å². The van der Waals surface area contributed by atoms with Gasteiger partial charge in [0.15, 0.2) is 5.11 Å². The number of non-ortho nitro benzene ring substituents is 1. The number of hydrogen-bond acceptors (Lipinski definition) is 5. The summed E-state index contributed by atoms with van der Waals surface area (Å²) >= 11 is 8.18. The molecule has 0 saturated heterocycles. The zero-order chi connectivity index (χ0) is 18.4. The highest BCUT2D eigenvalue weighted by Crippen LogP contribution is 2.15. The van der Waals surface area contributed by atoms with Crippen LogP contribution in [0.3, 0.4) is 0 Å². The third kappa shape index (κ3) is 5.06. The summed E-state index contributed by atoms with van der Waals surface area (Å²) < 4.78 is 0.593. The highest BCUT2D eigenvalue weighted by atomic mass is 79.9. The number of benzene rings is 2. The lowest BCUT2D eigenvalue weighted by atomic mass is 10.2. The fourth-order valence-corrected chi connectivity index (χ4v) is 2.40. The molecule has 0 atom stereocenters. The number of nitro benzene ring substituents is 1. The average molecular weight is 423 g/mol. The summed E-state index contributed by atoms with van der Waals surface area (Å²) in [4.78, 5) is 34.1. The first-order valence-corrected chi connectivity index (χ1v) is 7.99. The number of hydrogen-bond donors (Lipinski definition) is 3. The highest BCUT2D eigenvalue weighted by molar-refractivity contribution is 9.10. The highest BCUT2D eigenvalue weighted by Gasteiger charge is 2.13. The molecule has 0 saturated carbocycles. The smallest absolute Gasteiger partial charge is 0.270 e. The van der Waals surface area contributed by atoms with Crippen LogP contribution in [-0.4, -0.2) is 21.9 Å². The third-order valence-electron chi connectivity index (χ3n) is 2.95. The van der Waals surface area contributed by atoms with Gasteiger partial charge in [-0.25, -0.2) is 0 Å². The molecule has 0 spiro atoms. The lowest BCUT2D eigenvalue weighted by molar-refractivity contribution is -0.384. The van der Waals surface area contributed by atoms with E-state index in [0.717, 1.165) is 6.07 Å². The van der Waals surface area contributed by atoms with Crippen LogP contribution >= 0.6 is 28.1 Å². The van der Waals surface area contributed by atoms with Crippen LogP contribution in [0, 0.1) is 10.1 Å². The third-order valence-corrected chi connectivity index (χ3v) is 3.85. The number of nitrogens with zero attached hydrogens (tertiary/aromatic N) is 1. The molecule has 2 amide bonds. The van der Waals surface area contributed by atoms with Gasteiger partial charge in [-0.1, -0.05) is 18.2 Å². The summed E-state index contributed by atoms with van der Waals surface area (Å²) in [5, 5.41) is 13.0. The monoisotopic (exact) mass is 422 g/mol. The summed E-state index contributed by atoms with van der Waals surface area (Å²) in [7, 11) is 0. The Labute approximate surface area is 155 Å². The Hall–Kier alpha value is -2.85. The maximum Gasteiger partial charge on any atom is 0.270 e. The zero-order valence-electron chi connectivity index (χ0n) is 12.5. The van der Waals surface area contributed by atoms with Gasteiger partial charge in [0.25, 0.3) is 17.5 Å². The molecule has 0 radical (unpaired) electrons. The van der Waals surface area contributed by atoms with Crippen molar-refractivity contribution in [2.45, 2.75) is 0 Å². The molecule has 0 aliphatic rings. The van der Waals surface area contributed by atoms with Gasteiger partial charge < -0.3 is 0 Å². The molecule has 0 aromatic heterocycles. The van der Waals surface area contributed by atoms with E-state index in [1.165, 1.54) is 18.2 Å². The summed E-state index contributed by atoms with van der Waals surface area (Å²) in [5.74, 6) is -1.10. The molecule has 2 aromatic carbocycles. The molecule has 2 rings (SSSR count). The molecule has 0 unspecified atom stereocenters. The second-order valence-electron chi connectivity index (χ2n) is 4.65. The van der Waals surface area contributed by atoms with Crippen LogP contribution in [0.15, 0.2) is 53.0 Å². The van der Waals surface area contributed by atoms with E-state index in [9.17, 15) is 19.7 Å². The molecular weight excluding hydrogens is 412 g/mol. The van der Waals surface area contributed by atoms with Crippen molar-refractivity contribution in [1.29, 1.82) is 0 Å². The SMILES string of the molecule is O=C(NNC(=S)NC(=O)c1ccccc1Br)c1cccc([N+](=O)[O-])c1. The maximum atomic E-state index is 12.1. The molecular formula is C15H11BrN4O4S. The van der Waals surface area contributed by atoms with E-state index in [1.54, 1.807) is 24.3 Å². The Balaban J connectivity index is 1.92. The van der Waals surface area contributed by atoms with E-state index in [-0.39, 0.29) is 16.4 Å². The molecule has 0 aliphatic carbocycles. The first kappa shape index (κ1) is 18.5. The Kier molecular flexibility index (Phi) is 6.14. The van der Waals surface area contributed by atoms with Crippen molar-refractivity contribution in [2.24, 2.45) is 0 Å². The first-order chi connectivity index (χ1) is 11.9. The van der Waals surface area contributed by atoms with Gasteiger partial charge >= 0.3 is 0 Å². The van der Waals surface area contributed by atoms with Gasteiger partial charge in [0.2, 0.25) is 0 Å². The van der Waals surface area contributed by atoms with Gasteiger partial charge in [0, 0.05) is 22.2 Å². The van der Waals surface area contributed by atoms with Gasteiger partial charge in [-0.2, -0.15) is 0 Å². The predicted molar refractivity (Wildman–Crippen MR) is 97.9 cm³/mol. The number of amides is 2. The van der Waals surface area contributed by atoms with Crippen molar-refractivity contribution in [3.05, 3.63) is 74.2 Å². The number of carbonyl (C=O) groups is 2. The minimum Gasteiger partial charge on any atom is -0.298 e. The van der Waals surface area contributed by atoms with Crippen molar-refractivity contribution in [3.8, 4) is 0 Å². The minimum absolute atomic E-state index is 0.0710. The summed E-state index contributed by atoms with van der Waals surface area (Å²) in [6, 6.07) is 12.0. The van der Waals surface area contributed by atoms with Gasteiger partial charge in [0.1, 0.15) is 0 Å². The Bertz CT molecular complexity index is 859. The van der Waals surface area contributed by atoms with Gasteiger partial charge in [-0.15, -0.1) is 0 Å². The van der Waals surface area contributed by atoms with E-state index >= 15 is 0 Å². The minimum atomic E-state index is -0.638. The fraction of sp³-hybridized carbons (Fsp3) is 0. The van der Waals surface area contributed by atoms with E-state index in [0.29, 0.717) is 10.0 Å². The van der Waals surface area contributed by atoms with Gasteiger partial charge in [-0.05, 0) is 46.3 Å². The van der Waals surface area contributed by atoms with E-state index in [2.05, 4.69) is 32.1 Å². The van der Waals surface area contributed by atoms with Crippen LogP contribution < -0.4 is 16.2 Å². The molecule has 25 heavy (non-hydrogen) atoms. The Morgan fingerprint density at radius 1 is 1.04 bits per heavy atom. The van der Waals surface area contributed by atoms with Crippen molar-refractivity contribution >= 4 is 50.8 Å². The molecule has 0 fully saturated rings. The second-order valence-corrected chi connectivity index (χ2v) is 5.91. The molecule has 2 aromatic rings. The number of nitrogens with one attached hydrogen (secondary N) is 3. The number of halogens is 1. The van der Waals surface area contributed by atoms with Crippen LogP contribution in [0.25, 0.3) is 0 Å².